The molecule has 1 aliphatic rings. The zero-order valence-corrected chi connectivity index (χ0v) is 13.2. The van der Waals surface area contributed by atoms with Crippen LogP contribution in [-0.2, 0) is 0 Å². The molecule has 0 radical (unpaired) electrons. The molecule has 116 valence electrons. The highest BCUT2D eigenvalue weighted by Gasteiger charge is 2.17. The van der Waals surface area contributed by atoms with Crippen molar-refractivity contribution in [2.75, 3.05) is 19.9 Å². The SMILES string of the molecule is CC(C)N(CCNC(=O)c1ccc2c(c1)OCO2)C(C)C. The first-order chi connectivity index (χ1) is 9.99. The number of fused-ring (bicyclic) bond motifs is 1. The van der Waals surface area contributed by atoms with E-state index in [1.54, 1.807) is 18.2 Å². The number of nitrogens with one attached hydrogen (secondary N) is 1. The molecule has 0 bridgehead atoms. The second-order valence-corrected chi connectivity index (χ2v) is 5.75. The summed E-state index contributed by atoms with van der Waals surface area (Å²) in [6.07, 6.45) is 0. The van der Waals surface area contributed by atoms with Crippen molar-refractivity contribution in [3.8, 4) is 11.5 Å². The fourth-order valence-corrected chi connectivity index (χ4v) is 2.55. The van der Waals surface area contributed by atoms with Crippen molar-refractivity contribution in [3.05, 3.63) is 23.8 Å². The minimum atomic E-state index is -0.0826. The molecule has 1 aromatic carbocycles. The summed E-state index contributed by atoms with van der Waals surface area (Å²) in [7, 11) is 0. The number of carbonyl (C=O) groups is 1. The predicted octanol–water partition coefficient (Wildman–Crippen LogP) is 2.26. The van der Waals surface area contributed by atoms with Crippen LogP contribution in [-0.4, -0.2) is 42.8 Å². The van der Waals surface area contributed by atoms with Crippen molar-refractivity contribution in [2.24, 2.45) is 0 Å². The van der Waals surface area contributed by atoms with E-state index in [1.807, 2.05) is 0 Å². The third kappa shape index (κ3) is 3.88. The van der Waals surface area contributed by atoms with Gasteiger partial charge in [0, 0.05) is 30.7 Å². The first-order valence-corrected chi connectivity index (χ1v) is 7.42. The van der Waals surface area contributed by atoms with Crippen LogP contribution in [0.3, 0.4) is 0 Å². The molecule has 0 saturated heterocycles. The molecule has 0 aromatic heterocycles. The van der Waals surface area contributed by atoms with Crippen LogP contribution in [0.15, 0.2) is 18.2 Å². The van der Waals surface area contributed by atoms with Crippen LogP contribution in [0.5, 0.6) is 11.5 Å². The predicted molar refractivity (Wildman–Crippen MR) is 81.9 cm³/mol. The van der Waals surface area contributed by atoms with Gasteiger partial charge in [-0.25, -0.2) is 0 Å². The summed E-state index contributed by atoms with van der Waals surface area (Å²) >= 11 is 0. The minimum absolute atomic E-state index is 0.0826. The van der Waals surface area contributed by atoms with Crippen LogP contribution in [0.2, 0.25) is 0 Å². The first-order valence-electron chi connectivity index (χ1n) is 7.42. The van der Waals surface area contributed by atoms with Crippen LogP contribution < -0.4 is 14.8 Å². The second kappa shape index (κ2) is 6.80. The van der Waals surface area contributed by atoms with E-state index in [-0.39, 0.29) is 12.7 Å². The molecular formula is C16H24N2O3. The van der Waals surface area contributed by atoms with Gasteiger partial charge in [-0.15, -0.1) is 0 Å². The molecule has 0 unspecified atom stereocenters. The van der Waals surface area contributed by atoms with Gasteiger partial charge < -0.3 is 14.8 Å². The molecule has 0 aliphatic carbocycles. The number of ether oxygens (including phenoxy) is 2. The van der Waals surface area contributed by atoms with Crippen LogP contribution >= 0.6 is 0 Å². The third-order valence-corrected chi connectivity index (χ3v) is 3.62. The van der Waals surface area contributed by atoms with Crippen molar-refractivity contribution in [1.29, 1.82) is 0 Å². The highest BCUT2D eigenvalue weighted by atomic mass is 16.7. The molecule has 0 atom stereocenters. The summed E-state index contributed by atoms with van der Waals surface area (Å²) in [6, 6.07) is 6.18. The number of carbonyl (C=O) groups excluding carboxylic acids is 1. The Morgan fingerprint density at radius 1 is 1.19 bits per heavy atom. The number of benzene rings is 1. The van der Waals surface area contributed by atoms with E-state index in [2.05, 4.69) is 37.9 Å². The lowest BCUT2D eigenvalue weighted by Crippen LogP contribution is -2.42. The Balaban J connectivity index is 1.87. The molecule has 21 heavy (non-hydrogen) atoms. The van der Waals surface area contributed by atoms with Crippen molar-refractivity contribution >= 4 is 5.91 Å². The van der Waals surface area contributed by atoms with Crippen molar-refractivity contribution in [2.45, 2.75) is 39.8 Å². The van der Waals surface area contributed by atoms with E-state index in [0.717, 1.165) is 6.54 Å². The largest absolute Gasteiger partial charge is 0.454 e. The van der Waals surface area contributed by atoms with Gasteiger partial charge in [0.2, 0.25) is 6.79 Å². The first kappa shape index (κ1) is 15.6. The van der Waals surface area contributed by atoms with Gasteiger partial charge in [-0.1, -0.05) is 0 Å². The Morgan fingerprint density at radius 3 is 2.52 bits per heavy atom. The maximum Gasteiger partial charge on any atom is 0.251 e. The monoisotopic (exact) mass is 292 g/mol. The van der Waals surface area contributed by atoms with Crippen molar-refractivity contribution < 1.29 is 14.3 Å². The molecule has 2 rings (SSSR count). The van der Waals surface area contributed by atoms with Gasteiger partial charge in [0.05, 0.1) is 0 Å². The smallest absolute Gasteiger partial charge is 0.251 e. The average Bonchev–Trinajstić information content (AvgIpc) is 2.89. The fourth-order valence-electron chi connectivity index (χ4n) is 2.55. The summed E-state index contributed by atoms with van der Waals surface area (Å²) in [6.45, 7) is 10.4. The Bertz CT molecular complexity index is 492. The lowest BCUT2D eigenvalue weighted by Gasteiger charge is -2.30. The van der Waals surface area contributed by atoms with Gasteiger partial charge in [0.15, 0.2) is 11.5 Å². The Hall–Kier alpha value is -1.75. The van der Waals surface area contributed by atoms with Crippen LogP contribution in [0.4, 0.5) is 0 Å². The molecule has 0 spiro atoms. The summed E-state index contributed by atoms with van der Waals surface area (Å²) in [5.74, 6) is 1.24. The normalized spacial score (nSPS) is 13.3. The standard InChI is InChI=1S/C16H24N2O3/c1-11(2)18(12(3)4)8-7-17-16(19)13-5-6-14-15(9-13)21-10-20-14/h5-6,9,11-12H,7-8,10H2,1-4H3,(H,17,19). The number of amides is 1. The maximum absolute atomic E-state index is 12.1. The molecule has 5 nitrogen and oxygen atoms in total. The number of nitrogens with zero attached hydrogens (tertiary/aromatic N) is 1. The molecule has 5 heteroatoms. The van der Waals surface area contributed by atoms with E-state index >= 15 is 0 Å². The summed E-state index contributed by atoms with van der Waals surface area (Å²) in [5, 5.41) is 2.95. The number of hydrogen-bond acceptors (Lipinski definition) is 4. The van der Waals surface area contributed by atoms with E-state index in [0.29, 0.717) is 35.7 Å². The van der Waals surface area contributed by atoms with Gasteiger partial charge in [-0.2, -0.15) is 0 Å². The fraction of sp³-hybridized carbons (Fsp3) is 0.562. The molecule has 1 heterocycles. The Morgan fingerprint density at radius 2 is 1.86 bits per heavy atom. The average molecular weight is 292 g/mol. The van der Waals surface area contributed by atoms with Crippen molar-refractivity contribution in [3.63, 3.8) is 0 Å². The highest BCUT2D eigenvalue weighted by molar-refractivity contribution is 5.94. The molecule has 1 N–H and O–H groups in total. The van der Waals surface area contributed by atoms with Gasteiger partial charge in [-0.05, 0) is 45.9 Å². The van der Waals surface area contributed by atoms with Crippen molar-refractivity contribution in [1.82, 2.24) is 10.2 Å². The van der Waals surface area contributed by atoms with E-state index < -0.39 is 0 Å². The van der Waals surface area contributed by atoms with Gasteiger partial charge in [0.25, 0.3) is 5.91 Å². The second-order valence-electron chi connectivity index (χ2n) is 5.75. The van der Waals surface area contributed by atoms with E-state index in [1.165, 1.54) is 0 Å². The zero-order chi connectivity index (χ0) is 15.4. The molecular weight excluding hydrogens is 268 g/mol. The molecule has 1 aromatic rings. The highest BCUT2D eigenvalue weighted by Crippen LogP contribution is 2.32. The molecule has 0 saturated carbocycles. The minimum Gasteiger partial charge on any atom is -0.454 e. The molecule has 1 aliphatic heterocycles. The lowest BCUT2D eigenvalue weighted by molar-refractivity contribution is 0.0939. The quantitative estimate of drug-likeness (QED) is 0.874. The van der Waals surface area contributed by atoms with Gasteiger partial charge in [0.1, 0.15) is 0 Å². The van der Waals surface area contributed by atoms with Gasteiger partial charge in [-0.3, -0.25) is 9.69 Å². The summed E-state index contributed by atoms with van der Waals surface area (Å²) in [4.78, 5) is 14.5. The topological polar surface area (TPSA) is 50.8 Å². The number of hydrogen-bond donors (Lipinski definition) is 1. The lowest BCUT2D eigenvalue weighted by atomic mass is 10.2. The summed E-state index contributed by atoms with van der Waals surface area (Å²) < 4.78 is 10.5. The Labute approximate surface area is 126 Å². The number of rotatable bonds is 6. The van der Waals surface area contributed by atoms with E-state index in [9.17, 15) is 4.79 Å². The summed E-state index contributed by atoms with van der Waals surface area (Å²) in [5.41, 5.74) is 0.597. The molecule has 1 amide bonds. The zero-order valence-electron chi connectivity index (χ0n) is 13.2. The van der Waals surface area contributed by atoms with Crippen LogP contribution in [0, 0.1) is 0 Å². The van der Waals surface area contributed by atoms with Crippen LogP contribution in [0.1, 0.15) is 38.1 Å². The molecule has 0 fully saturated rings. The Kier molecular flexibility index (Phi) is 5.07. The maximum atomic E-state index is 12.1. The van der Waals surface area contributed by atoms with Crippen LogP contribution in [0.25, 0.3) is 0 Å². The van der Waals surface area contributed by atoms with E-state index in [4.69, 9.17) is 9.47 Å². The third-order valence-electron chi connectivity index (χ3n) is 3.62. The van der Waals surface area contributed by atoms with Gasteiger partial charge >= 0.3 is 0 Å².